The van der Waals surface area contributed by atoms with Crippen LogP contribution >= 0.6 is 22.7 Å². The van der Waals surface area contributed by atoms with Gasteiger partial charge in [0.2, 0.25) is 5.91 Å². The topological polar surface area (TPSA) is 70.6 Å². The normalized spacial score (nSPS) is 17.6. The molecule has 39 heavy (non-hydrogen) atoms. The Labute approximate surface area is 235 Å². The van der Waals surface area contributed by atoms with E-state index in [9.17, 15) is 14.4 Å². The number of carbonyl (C=O) groups excluding carboxylic acids is 3. The Bertz CT molecular complexity index is 1570. The number of thiophene rings is 1. The van der Waals surface area contributed by atoms with Gasteiger partial charge in [-0.05, 0) is 92.4 Å². The molecule has 1 aliphatic heterocycles. The summed E-state index contributed by atoms with van der Waals surface area (Å²) in [6.45, 7) is 2.49. The molecule has 1 saturated heterocycles. The van der Waals surface area contributed by atoms with Gasteiger partial charge in [-0.2, -0.15) is 0 Å². The molecule has 3 heterocycles. The van der Waals surface area contributed by atoms with Crippen molar-refractivity contribution in [2.45, 2.75) is 51.5 Å². The number of hydrogen-bond acceptors (Lipinski definition) is 6. The lowest BCUT2D eigenvalue weighted by Gasteiger charge is -2.28. The molecule has 1 unspecified atom stereocenters. The van der Waals surface area contributed by atoms with E-state index in [-0.39, 0.29) is 24.1 Å². The van der Waals surface area contributed by atoms with Crippen LogP contribution in [0, 0.1) is 6.92 Å². The van der Waals surface area contributed by atoms with Crippen LogP contribution in [0.4, 0.5) is 5.69 Å². The van der Waals surface area contributed by atoms with Crippen molar-refractivity contribution in [2.24, 2.45) is 0 Å². The highest BCUT2D eigenvalue weighted by molar-refractivity contribution is 7.21. The van der Waals surface area contributed by atoms with Crippen LogP contribution in [0.2, 0.25) is 0 Å². The van der Waals surface area contributed by atoms with E-state index in [1.54, 1.807) is 34.4 Å². The minimum Gasteiger partial charge on any atom is -0.325 e. The number of aromatic nitrogens is 1. The first-order chi connectivity index (χ1) is 19.0. The van der Waals surface area contributed by atoms with Crippen LogP contribution < -0.4 is 4.90 Å². The van der Waals surface area contributed by atoms with Crippen molar-refractivity contribution in [3.63, 3.8) is 0 Å². The van der Waals surface area contributed by atoms with Gasteiger partial charge in [-0.15, -0.1) is 22.7 Å². The van der Waals surface area contributed by atoms with Crippen molar-refractivity contribution in [3.05, 3.63) is 82.1 Å². The van der Waals surface area contributed by atoms with Crippen molar-refractivity contribution >= 4 is 56.3 Å². The van der Waals surface area contributed by atoms with Crippen LogP contribution in [0.3, 0.4) is 0 Å². The van der Waals surface area contributed by atoms with Crippen LogP contribution in [0.15, 0.2) is 71.6 Å². The molecular weight excluding hydrogens is 526 g/mol. The second-order valence-electron chi connectivity index (χ2n) is 10.2. The third-order valence-electron chi connectivity index (χ3n) is 7.47. The minimum absolute atomic E-state index is 0.00598. The summed E-state index contributed by atoms with van der Waals surface area (Å²) in [5.41, 5.74) is 4.93. The maximum Gasteiger partial charge on any atom is 0.264 e. The van der Waals surface area contributed by atoms with E-state index < -0.39 is 6.04 Å². The standard InChI is InChI=1S/C31H29N3O3S2/c1-20-9-14-24-27(18-20)39-29(32-24)22-10-12-23(13-11-22)34-28(35)19-25(30(34)36)33(31(37)26-8-5-17-38-26)16-15-21-6-3-2-4-7-21/h5-6,8-14,17-18,25H,2-4,7,15-16,19H2,1H3. The zero-order valence-corrected chi connectivity index (χ0v) is 23.4. The SMILES string of the molecule is Cc1ccc2nc(-c3ccc(N4C(=O)CC(N(CCC5=CCCCC5)C(=O)c5cccs5)C4=O)cc3)sc2c1. The van der Waals surface area contributed by atoms with E-state index in [0.717, 1.165) is 46.5 Å². The second kappa shape index (κ2) is 10.9. The second-order valence-corrected chi connectivity index (χ2v) is 12.1. The number of benzene rings is 2. The highest BCUT2D eigenvalue weighted by Crippen LogP contribution is 2.34. The van der Waals surface area contributed by atoms with Gasteiger partial charge in [-0.1, -0.05) is 23.8 Å². The molecule has 198 valence electrons. The van der Waals surface area contributed by atoms with Crippen LogP contribution in [0.5, 0.6) is 0 Å². The molecule has 6 rings (SSSR count). The largest absolute Gasteiger partial charge is 0.325 e. The zero-order valence-electron chi connectivity index (χ0n) is 21.8. The number of imide groups is 1. The number of fused-ring (bicyclic) bond motifs is 1. The molecule has 1 atom stereocenters. The molecule has 2 aromatic heterocycles. The van der Waals surface area contributed by atoms with E-state index in [1.807, 2.05) is 29.6 Å². The molecule has 8 heteroatoms. The Kier molecular flexibility index (Phi) is 7.14. The number of thiazole rings is 1. The molecule has 4 aromatic rings. The van der Waals surface area contributed by atoms with Gasteiger partial charge in [0.15, 0.2) is 0 Å². The summed E-state index contributed by atoms with van der Waals surface area (Å²) in [6.07, 6.45) is 7.44. The van der Waals surface area contributed by atoms with Gasteiger partial charge < -0.3 is 4.90 Å². The van der Waals surface area contributed by atoms with Crippen molar-refractivity contribution in [1.29, 1.82) is 0 Å². The zero-order chi connectivity index (χ0) is 26.9. The predicted octanol–water partition coefficient (Wildman–Crippen LogP) is 7.00. The number of hydrogen-bond donors (Lipinski definition) is 0. The summed E-state index contributed by atoms with van der Waals surface area (Å²) in [5, 5.41) is 2.75. The van der Waals surface area contributed by atoms with Gasteiger partial charge >= 0.3 is 0 Å². The van der Waals surface area contributed by atoms with Gasteiger partial charge in [0, 0.05) is 12.1 Å². The molecule has 0 N–H and O–H groups in total. The number of amides is 3. The lowest BCUT2D eigenvalue weighted by molar-refractivity contribution is -0.122. The van der Waals surface area contributed by atoms with Crippen molar-refractivity contribution in [3.8, 4) is 10.6 Å². The smallest absolute Gasteiger partial charge is 0.264 e. The first-order valence-electron chi connectivity index (χ1n) is 13.3. The van der Waals surface area contributed by atoms with Crippen LogP contribution in [0.25, 0.3) is 20.8 Å². The Balaban J connectivity index is 1.23. The molecular formula is C31H29N3O3S2. The average Bonchev–Trinajstić information content (AvgIpc) is 3.69. The number of anilines is 1. The van der Waals surface area contributed by atoms with Crippen molar-refractivity contribution in [2.75, 3.05) is 11.4 Å². The van der Waals surface area contributed by atoms with E-state index >= 15 is 0 Å². The lowest BCUT2D eigenvalue weighted by Crippen LogP contribution is -2.46. The van der Waals surface area contributed by atoms with Gasteiger partial charge in [-0.3, -0.25) is 14.4 Å². The number of nitrogens with zero attached hydrogens (tertiary/aromatic N) is 3. The molecule has 0 spiro atoms. The lowest BCUT2D eigenvalue weighted by atomic mass is 9.97. The summed E-state index contributed by atoms with van der Waals surface area (Å²) >= 11 is 2.98. The predicted molar refractivity (Wildman–Crippen MR) is 157 cm³/mol. The molecule has 2 aliphatic rings. The monoisotopic (exact) mass is 555 g/mol. The van der Waals surface area contributed by atoms with Crippen molar-refractivity contribution < 1.29 is 14.4 Å². The number of aryl methyl sites for hydroxylation is 1. The molecule has 0 bridgehead atoms. The molecule has 2 aromatic carbocycles. The molecule has 0 radical (unpaired) electrons. The summed E-state index contributed by atoms with van der Waals surface area (Å²) < 4.78 is 1.13. The first kappa shape index (κ1) is 25.6. The van der Waals surface area contributed by atoms with Gasteiger partial charge in [0.25, 0.3) is 11.8 Å². The summed E-state index contributed by atoms with van der Waals surface area (Å²) in [4.78, 5) is 48.5. The molecule has 1 aliphatic carbocycles. The Hall–Kier alpha value is -3.62. The molecule has 1 fully saturated rings. The van der Waals surface area contributed by atoms with Gasteiger partial charge in [0.05, 0.1) is 27.2 Å². The highest BCUT2D eigenvalue weighted by atomic mass is 32.1. The Morgan fingerprint density at radius 3 is 2.69 bits per heavy atom. The maximum absolute atomic E-state index is 13.7. The summed E-state index contributed by atoms with van der Waals surface area (Å²) in [5.74, 6) is -0.810. The molecule has 6 nitrogen and oxygen atoms in total. The summed E-state index contributed by atoms with van der Waals surface area (Å²) in [7, 11) is 0. The Morgan fingerprint density at radius 2 is 1.95 bits per heavy atom. The fourth-order valence-corrected chi connectivity index (χ4v) is 7.12. The third kappa shape index (κ3) is 5.18. The van der Waals surface area contributed by atoms with Crippen LogP contribution in [-0.4, -0.2) is 40.2 Å². The number of rotatable bonds is 7. The van der Waals surface area contributed by atoms with Gasteiger partial charge in [-0.25, -0.2) is 9.88 Å². The maximum atomic E-state index is 13.7. The molecule has 3 amide bonds. The van der Waals surface area contributed by atoms with E-state index in [2.05, 4.69) is 25.1 Å². The Morgan fingerprint density at radius 1 is 1.10 bits per heavy atom. The molecule has 0 saturated carbocycles. The van der Waals surface area contributed by atoms with Gasteiger partial charge in [0.1, 0.15) is 11.0 Å². The fourth-order valence-electron chi connectivity index (χ4n) is 5.38. The highest BCUT2D eigenvalue weighted by Gasteiger charge is 2.44. The number of allylic oxidation sites excluding steroid dienone is 1. The van der Waals surface area contributed by atoms with E-state index in [4.69, 9.17) is 4.98 Å². The van der Waals surface area contributed by atoms with Crippen LogP contribution in [0.1, 0.15) is 53.8 Å². The van der Waals surface area contributed by atoms with E-state index in [1.165, 1.54) is 33.8 Å². The first-order valence-corrected chi connectivity index (χ1v) is 15.0. The quantitative estimate of drug-likeness (QED) is 0.182. The third-order valence-corrected chi connectivity index (χ3v) is 9.39. The van der Waals surface area contributed by atoms with E-state index in [0.29, 0.717) is 17.1 Å². The van der Waals surface area contributed by atoms with Crippen molar-refractivity contribution in [1.82, 2.24) is 9.88 Å². The minimum atomic E-state index is -0.802. The number of carbonyl (C=O) groups is 3. The van der Waals surface area contributed by atoms with Crippen LogP contribution in [-0.2, 0) is 9.59 Å². The summed E-state index contributed by atoms with van der Waals surface area (Å²) in [6, 6.07) is 16.4. The fraction of sp³-hybridized carbons (Fsp3) is 0.290. The average molecular weight is 556 g/mol.